The van der Waals surface area contributed by atoms with Crippen LogP contribution in [0.4, 0.5) is 9.59 Å². The van der Waals surface area contributed by atoms with Crippen molar-refractivity contribution in [2.24, 2.45) is 5.92 Å². The van der Waals surface area contributed by atoms with E-state index in [2.05, 4.69) is 13.7 Å². The Morgan fingerprint density at radius 1 is 1.42 bits per heavy atom. The van der Waals surface area contributed by atoms with E-state index in [9.17, 15) is 18.0 Å². The summed E-state index contributed by atoms with van der Waals surface area (Å²) in [5.41, 5.74) is 0. The van der Waals surface area contributed by atoms with Crippen LogP contribution in [0.5, 0.6) is 0 Å². The van der Waals surface area contributed by atoms with Crippen LogP contribution >= 0.6 is 0 Å². The molecule has 2 rings (SSSR count). The average Bonchev–Trinajstić information content (AvgIpc) is 2.88. The van der Waals surface area contributed by atoms with Crippen LogP contribution in [0.25, 0.3) is 0 Å². The van der Waals surface area contributed by atoms with Crippen LogP contribution in [-0.4, -0.2) is 59.0 Å². The minimum atomic E-state index is -3.59. The summed E-state index contributed by atoms with van der Waals surface area (Å²) in [4.78, 5) is 21.9. The zero-order valence-corrected chi connectivity index (χ0v) is 10.8. The normalized spacial score (nSPS) is 32.5. The Morgan fingerprint density at radius 3 is 2.74 bits per heavy atom. The molecule has 0 amide bonds. The van der Waals surface area contributed by atoms with Crippen LogP contribution in [0.1, 0.15) is 0 Å². The molecule has 0 bridgehead atoms. The van der Waals surface area contributed by atoms with E-state index in [0.29, 0.717) is 0 Å². The van der Waals surface area contributed by atoms with E-state index in [1.165, 1.54) is 0 Å². The summed E-state index contributed by atoms with van der Waals surface area (Å²) in [6, 6.07) is 0. The van der Waals surface area contributed by atoms with Crippen molar-refractivity contribution in [3.8, 4) is 0 Å². The standard InChI is InChI=1S/C9H12O9S/c1-14-8(10)15-3-6-7(18-9(11)17-6)5-2-16-19(12,13)4-5/h5-7H,2-4H2,1H3. The average molecular weight is 296 g/mol. The van der Waals surface area contributed by atoms with Gasteiger partial charge in [0, 0.05) is 5.92 Å². The Bertz CT molecular complexity index is 470. The lowest BCUT2D eigenvalue weighted by molar-refractivity contribution is 0.0149. The van der Waals surface area contributed by atoms with Crippen molar-refractivity contribution in [1.29, 1.82) is 0 Å². The number of ether oxygens (including phenoxy) is 4. The third kappa shape index (κ3) is 3.26. The third-order valence-electron chi connectivity index (χ3n) is 2.72. The SMILES string of the molecule is COC(=O)OCC1OC(=O)OC1C1COS(=O)(=O)C1. The largest absolute Gasteiger partial charge is 0.509 e. The molecule has 2 aliphatic heterocycles. The molecule has 0 aromatic carbocycles. The lowest BCUT2D eigenvalue weighted by atomic mass is 10.0. The van der Waals surface area contributed by atoms with E-state index < -0.39 is 40.6 Å². The van der Waals surface area contributed by atoms with Crippen molar-refractivity contribution in [1.82, 2.24) is 0 Å². The lowest BCUT2D eigenvalue weighted by Gasteiger charge is -2.18. The summed E-state index contributed by atoms with van der Waals surface area (Å²) < 4.78 is 45.6. The number of carbonyl (C=O) groups excluding carboxylic acids is 2. The number of hydrogen-bond acceptors (Lipinski definition) is 9. The van der Waals surface area contributed by atoms with Gasteiger partial charge in [0.1, 0.15) is 6.61 Å². The molecule has 108 valence electrons. The van der Waals surface area contributed by atoms with Gasteiger partial charge in [-0.05, 0) is 0 Å². The molecular formula is C9H12O9S. The fourth-order valence-electron chi connectivity index (χ4n) is 1.88. The maximum Gasteiger partial charge on any atom is 0.509 e. The van der Waals surface area contributed by atoms with Crippen LogP contribution in [0.3, 0.4) is 0 Å². The Labute approximate surface area is 108 Å². The van der Waals surface area contributed by atoms with Crippen molar-refractivity contribution >= 4 is 22.4 Å². The van der Waals surface area contributed by atoms with Crippen molar-refractivity contribution in [3.63, 3.8) is 0 Å². The van der Waals surface area contributed by atoms with E-state index >= 15 is 0 Å². The molecular weight excluding hydrogens is 284 g/mol. The molecule has 0 N–H and O–H groups in total. The van der Waals surface area contributed by atoms with Gasteiger partial charge in [-0.15, -0.1) is 0 Å². The Morgan fingerprint density at radius 2 is 2.16 bits per heavy atom. The van der Waals surface area contributed by atoms with Gasteiger partial charge in [-0.25, -0.2) is 9.59 Å². The van der Waals surface area contributed by atoms with E-state index in [4.69, 9.17) is 9.47 Å². The fraction of sp³-hybridized carbons (Fsp3) is 0.778. The Balaban J connectivity index is 1.98. The van der Waals surface area contributed by atoms with Crippen molar-refractivity contribution < 1.29 is 41.1 Å². The summed E-state index contributed by atoms with van der Waals surface area (Å²) in [6.45, 7) is -0.377. The molecule has 2 aliphatic rings. The molecule has 9 nitrogen and oxygen atoms in total. The highest BCUT2D eigenvalue weighted by Gasteiger charge is 2.47. The zero-order valence-electron chi connectivity index (χ0n) is 9.94. The number of rotatable bonds is 3. The monoisotopic (exact) mass is 296 g/mol. The van der Waals surface area contributed by atoms with Crippen LogP contribution in [-0.2, 0) is 33.2 Å². The molecule has 19 heavy (non-hydrogen) atoms. The summed E-state index contributed by atoms with van der Waals surface area (Å²) in [7, 11) is -2.46. The minimum Gasteiger partial charge on any atom is -0.438 e. The smallest absolute Gasteiger partial charge is 0.438 e. The molecule has 2 saturated heterocycles. The minimum absolute atomic E-state index is 0.0988. The molecule has 2 heterocycles. The predicted molar refractivity (Wildman–Crippen MR) is 56.7 cm³/mol. The molecule has 0 saturated carbocycles. The third-order valence-corrected chi connectivity index (χ3v) is 4.05. The first kappa shape index (κ1) is 13.9. The van der Waals surface area contributed by atoms with E-state index in [1.807, 2.05) is 0 Å². The van der Waals surface area contributed by atoms with E-state index in [-0.39, 0.29) is 19.0 Å². The first-order valence-electron chi connectivity index (χ1n) is 5.36. The second-order valence-electron chi connectivity index (χ2n) is 4.02. The molecule has 0 aliphatic carbocycles. The summed E-state index contributed by atoms with van der Waals surface area (Å²) in [5.74, 6) is -0.828. The van der Waals surface area contributed by atoms with Gasteiger partial charge in [0.15, 0.2) is 12.2 Å². The summed E-state index contributed by atoms with van der Waals surface area (Å²) in [6.07, 6.45) is -3.59. The molecule has 2 fully saturated rings. The van der Waals surface area contributed by atoms with Gasteiger partial charge in [0.05, 0.1) is 19.5 Å². The topological polar surface area (TPSA) is 114 Å². The fourth-order valence-corrected chi connectivity index (χ4v) is 3.17. The molecule has 3 unspecified atom stereocenters. The number of carbonyl (C=O) groups is 2. The summed E-state index contributed by atoms with van der Waals surface area (Å²) in [5, 5.41) is 0. The second-order valence-corrected chi connectivity index (χ2v) is 5.71. The van der Waals surface area contributed by atoms with Crippen LogP contribution in [0.15, 0.2) is 0 Å². The molecule has 3 atom stereocenters. The van der Waals surface area contributed by atoms with Gasteiger partial charge < -0.3 is 18.9 Å². The van der Waals surface area contributed by atoms with E-state index in [0.717, 1.165) is 7.11 Å². The van der Waals surface area contributed by atoms with Crippen LogP contribution in [0.2, 0.25) is 0 Å². The molecule has 10 heteroatoms. The molecule has 0 aromatic rings. The highest BCUT2D eigenvalue weighted by atomic mass is 32.2. The van der Waals surface area contributed by atoms with Crippen molar-refractivity contribution in [2.45, 2.75) is 12.2 Å². The number of methoxy groups -OCH3 is 1. The highest BCUT2D eigenvalue weighted by molar-refractivity contribution is 7.86. The Hall–Kier alpha value is -1.55. The predicted octanol–water partition coefficient (Wildman–Crippen LogP) is -0.350. The zero-order chi connectivity index (χ0) is 14.0. The quantitative estimate of drug-likeness (QED) is 0.509. The number of cyclic esters (lactones) is 2. The van der Waals surface area contributed by atoms with Gasteiger partial charge >= 0.3 is 12.3 Å². The van der Waals surface area contributed by atoms with E-state index in [1.54, 1.807) is 0 Å². The van der Waals surface area contributed by atoms with Gasteiger partial charge in [-0.2, -0.15) is 8.42 Å². The van der Waals surface area contributed by atoms with Crippen LogP contribution in [0, 0.1) is 5.92 Å². The van der Waals surface area contributed by atoms with Crippen molar-refractivity contribution in [2.75, 3.05) is 26.1 Å². The maximum absolute atomic E-state index is 11.2. The first-order valence-corrected chi connectivity index (χ1v) is 6.94. The van der Waals surface area contributed by atoms with Gasteiger partial charge in [0.2, 0.25) is 0 Å². The molecule has 0 radical (unpaired) electrons. The van der Waals surface area contributed by atoms with Gasteiger partial charge in [-0.1, -0.05) is 0 Å². The number of hydrogen-bond donors (Lipinski definition) is 0. The van der Waals surface area contributed by atoms with Crippen molar-refractivity contribution in [3.05, 3.63) is 0 Å². The Kier molecular flexibility index (Phi) is 3.80. The van der Waals surface area contributed by atoms with Gasteiger partial charge in [0.25, 0.3) is 10.1 Å². The van der Waals surface area contributed by atoms with Gasteiger partial charge in [-0.3, -0.25) is 4.18 Å². The highest BCUT2D eigenvalue weighted by Crippen LogP contribution is 2.28. The second kappa shape index (κ2) is 5.21. The van der Waals surface area contributed by atoms with Crippen LogP contribution < -0.4 is 0 Å². The first-order chi connectivity index (χ1) is 8.91. The maximum atomic E-state index is 11.2. The molecule has 0 spiro atoms. The summed E-state index contributed by atoms with van der Waals surface area (Å²) >= 11 is 0. The lowest BCUT2D eigenvalue weighted by Crippen LogP contribution is -2.36. The molecule has 0 aromatic heterocycles.